The number of benzene rings is 2. The molecule has 0 saturated heterocycles. The molecule has 0 aliphatic rings. The molecule has 0 aliphatic heterocycles. The second-order valence-corrected chi connectivity index (χ2v) is 5.63. The molecular weight excluding hydrogens is 316 g/mol. The fourth-order valence-electron chi connectivity index (χ4n) is 2.54. The van der Waals surface area contributed by atoms with Crippen LogP contribution >= 0.6 is 0 Å². The Labute approximate surface area is 145 Å². The summed E-state index contributed by atoms with van der Waals surface area (Å²) in [5.41, 5.74) is 5.69. The molecule has 2 N–H and O–H groups in total. The van der Waals surface area contributed by atoms with E-state index in [9.17, 15) is 9.59 Å². The van der Waals surface area contributed by atoms with Crippen molar-refractivity contribution in [1.29, 1.82) is 0 Å². The normalized spacial score (nSPS) is 10.9. The van der Waals surface area contributed by atoms with Gasteiger partial charge in [0.25, 0.3) is 5.91 Å². The van der Waals surface area contributed by atoms with E-state index in [1.807, 2.05) is 55.5 Å². The van der Waals surface area contributed by atoms with Crippen LogP contribution in [0.25, 0.3) is 16.8 Å². The molecule has 0 aliphatic carbocycles. The van der Waals surface area contributed by atoms with Crippen molar-refractivity contribution in [2.45, 2.75) is 13.3 Å². The smallest absolute Gasteiger partial charge is 0.262 e. The quantitative estimate of drug-likeness (QED) is 0.569. The molecule has 0 unspecified atom stereocenters. The van der Waals surface area contributed by atoms with E-state index in [2.05, 4.69) is 10.9 Å². The lowest BCUT2D eigenvalue weighted by Gasteiger charge is -2.08. The molecule has 1 aromatic heterocycles. The van der Waals surface area contributed by atoms with Gasteiger partial charge in [-0.05, 0) is 41.5 Å². The number of amides is 2. The minimum atomic E-state index is -0.430. The molecule has 0 fully saturated rings. The third-order valence-corrected chi connectivity index (χ3v) is 3.72. The Kier molecular flexibility index (Phi) is 4.95. The largest absolute Gasteiger partial charge is 0.462 e. The molecule has 2 aromatic carbocycles. The van der Waals surface area contributed by atoms with Crippen LogP contribution in [0.5, 0.6) is 0 Å². The van der Waals surface area contributed by atoms with E-state index < -0.39 is 5.91 Å². The number of hydrogen-bond acceptors (Lipinski definition) is 3. The van der Waals surface area contributed by atoms with E-state index in [0.29, 0.717) is 5.76 Å². The number of furan rings is 1. The molecule has 5 heteroatoms. The van der Waals surface area contributed by atoms with Gasteiger partial charge in [-0.15, -0.1) is 0 Å². The fourth-order valence-corrected chi connectivity index (χ4v) is 2.54. The van der Waals surface area contributed by atoms with Crippen molar-refractivity contribution in [2.75, 3.05) is 0 Å². The van der Waals surface area contributed by atoms with Crippen molar-refractivity contribution < 1.29 is 14.0 Å². The van der Waals surface area contributed by atoms with Gasteiger partial charge in [-0.25, -0.2) is 0 Å². The van der Waals surface area contributed by atoms with E-state index in [-0.39, 0.29) is 12.3 Å². The Balaban J connectivity index is 1.55. The van der Waals surface area contributed by atoms with Gasteiger partial charge in [0.1, 0.15) is 11.5 Å². The van der Waals surface area contributed by atoms with Crippen LogP contribution in [0.4, 0.5) is 0 Å². The number of carbonyl (C=O) groups is 2. The first-order valence-corrected chi connectivity index (χ1v) is 7.92. The first-order chi connectivity index (χ1) is 12.1. The zero-order chi connectivity index (χ0) is 17.6. The van der Waals surface area contributed by atoms with Gasteiger partial charge >= 0.3 is 0 Å². The van der Waals surface area contributed by atoms with Crippen LogP contribution in [0.1, 0.15) is 17.1 Å². The standard InChI is InChI=1S/C20H18N2O3/c1-14-9-10-17(25-14)11-12-19(23)21-22-20(24)13-16-7-4-6-15-5-2-3-8-18(15)16/h2-12H,13H2,1H3,(H,21,23)(H,22,24). The second-order valence-electron chi connectivity index (χ2n) is 5.63. The molecule has 126 valence electrons. The lowest BCUT2D eigenvalue weighted by Crippen LogP contribution is -2.41. The van der Waals surface area contributed by atoms with Crippen LogP contribution in [0, 0.1) is 6.92 Å². The highest BCUT2D eigenvalue weighted by Gasteiger charge is 2.07. The van der Waals surface area contributed by atoms with E-state index in [4.69, 9.17) is 4.42 Å². The van der Waals surface area contributed by atoms with Gasteiger partial charge in [0, 0.05) is 6.08 Å². The molecule has 0 saturated carbocycles. The number of carbonyl (C=O) groups excluding carboxylic acids is 2. The SMILES string of the molecule is Cc1ccc(C=CC(=O)NNC(=O)Cc2cccc3ccccc23)o1. The highest BCUT2D eigenvalue weighted by molar-refractivity contribution is 5.94. The monoisotopic (exact) mass is 334 g/mol. The molecule has 5 nitrogen and oxygen atoms in total. The van der Waals surface area contributed by atoms with Crippen LogP contribution in [-0.2, 0) is 16.0 Å². The molecule has 25 heavy (non-hydrogen) atoms. The summed E-state index contributed by atoms with van der Waals surface area (Å²) < 4.78 is 5.33. The Morgan fingerprint density at radius 3 is 2.60 bits per heavy atom. The highest BCUT2D eigenvalue weighted by Crippen LogP contribution is 2.18. The van der Waals surface area contributed by atoms with Crippen LogP contribution in [0.2, 0.25) is 0 Å². The van der Waals surface area contributed by atoms with Crippen molar-refractivity contribution >= 4 is 28.7 Å². The molecule has 0 spiro atoms. The maximum Gasteiger partial charge on any atom is 0.262 e. The molecule has 0 bridgehead atoms. The lowest BCUT2D eigenvalue weighted by atomic mass is 10.0. The van der Waals surface area contributed by atoms with Gasteiger partial charge < -0.3 is 4.42 Å². The molecule has 0 atom stereocenters. The topological polar surface area (TPSA) is 71.3 Å². The van der Waals surface area contributed by atoms with Crippen molar-refractivity contribution in [2.24, 2.45) is 0 Å². The van der Waals surface area contributed by atoms with Crippen LogP contribution in [-0.4, -0.2) is 11.8 Å². The number of hydrogen-bond donors (Lipinski definition) is 2. The van der Waals surface area contributed by atoms with E-state index in [1.165, 1.54) is 6.08 Å². The molecule has 0 radical (unpaired) electrons. The lowest BCUT2D eigenvalue weighted by molar-refractivity contribution is -0.126. The summed E-state index contributed by atoms with van der Waals surface area (Å²) in [6.45, 7) is 1.82. The Morgan fingerprint density at radius 1 is 1.00 bits per heavy atom. The zero-order valence-electron chi connectivity index (χ0n) is 13.8. The van der Waals surface area contributed by atoms with Gasteiger partial charge in [0.15, 0.2) is 0 Å². The zero-order valence-corrected chi connectivity index (χ0v) is 13.8. The summed E-state index contributed by atoms with van der Waals surface area (Å²) in [6, 6.07) is 17.3. The van der Waals surface area contributed by atoms with Crippen molar-refractivity contribution in [3.63, 3.8) is 0 Å². The van der Waals surface area contributed by atoms with Crippen molar-refractivity contribution in [3.8, 4) is 0 Å². The van der Waals surface area contributed by atoms with Crippen LogP contribution < -0.4 is 10.9 Å². The number of aryl methyl sites for hydroxylation is 1. The molecular formula is C20H18N2O3. The van der Waals surface area contributed by atoms with E-state index in [1.54, 1.807) is 12.1 Å². The van der Waals surface area contributed by atoms with Crippen molar-refractivity contribution in [1.82, 2.24) is 10.9 Å². The average molecular weight is 334 g/mol. The molecule has 1 heterocycles. The first-order valence-electron chi connectivity index (χ1n) is 7.92. The van der Waals surface area contributed by atoms with E-state index in [0.717, 1.165) is 22.1 Å². The summed E-state index contributed by atoms with van der Waals surface area (Å²) >= 11 is 0. The predicted molar refractivity (Wildman–Crippen MR) is 96.4 cm³/mol. The van der Waals surface area contributed by atoms with Crippen molar-refractivity contribution in [3.05, 3.63) is 77.8 Å². The van der Waals surface area contributed by atoms with Gasteiger partial charge in [0.2, 0.25) is 5.91 Å². The highest BCUT2D eigenvalue weighted by atomic mass is 16.3. The minimum absolute atomic E-state index is 0.183. The Hall–Kier alpha value is -3.34. The molecule has 2 amide bonds. The fraction of sp³-hybridized carbons (Fsp3) is 0.100. The third-order valence-electron chi connectivity index (χ3n) is 3.72. The Morgan fingerprint density at radius 2 is 1.80 bits per heavy atom. The number of nitrogens with one attached hydrogen (secondary N) is 2. The summed E-state index contributed by atoms with van der Waals surface area (Å²) in [5, 5.41) is 2.10. The van der Waals surface area contributed by atoms with Gasteiger partial charge in [-0.1, -0.05) is 42.5 Å². The number of hydrazine groups is 1. The average Bonchev–Trinajstić information content (AvgIpc) is 3.04. The van der Waals surface area contributed by atoms with Gasteiger partial charge in [0.05, 0.1) is 6.42 Å². The van der Waals surface area contributed by atoms with Gasteiger partial charge in [-0.2, -0.15) is 0 Å². The van der Waals surface area contributed by atoms with Crippen LogP contribution in [0.3, 0.4) is 0 Å². The molecule has 3 rings (SSSR count). The third kappa shape index (κ3) is 4.35. The predicted octanol–water partition coefficient (Wildman–Crippen LogP) is 3.14. The number of fused-ring (bicyclic) bond motifs is 1. The van der Waals surface area contributed by atoms with Crippen LogP contribution in [0.15, 0.2) is 65.1 Å². The van der Waals surface area contributed by atoms with Gasteiger partial charge in [-0.3, -0.25) is 20.4 Å². The first kappa shape index (κ1) is 16.5. The Bertz CT molecular complexity index is 936. The molecule has 3 aromatic rings. The maximum atomic E-state index is 12.1. The maximum absolute atomic E-state index is 12.1. The second kappa shape index (κ2) is 7.49. The summed E-state index contributed by atoms with van der Waals surface area (Å²) in [6.07, 6.45) is 3.03. The number of rotatable bonds is 4. The summed E-state index contributed by atoms with van der Waals surface area (Å²) in [7, 11) is 0. The summed E-state index contributed by atoms with van der Waals surface area (Å²) in [4.78, 5) is 23.8. The summed E-state index contributed by atoms with van der Waals surface area (Å²) in [5.74, 6) is 0.630. The van der Waals surface area contributed by atoms with E-state index >= 15 is 0 Å². The minimum Gasteiger partial charge on any atom is -0.462 e.